The van der Waals surface area contributed by atoms with Crippen molar-refractivity contribution in [3.63, 3.8) is 0 Å². The average Bonchev–Trinajstić information content (AvgIpc) is 2.95. The molecule has 0 atom stereocenters. The Morgan fingerprint density at radius 2 is 1.85 bits per heavy atom. The first-order chi connectivity index (χ1) is 12.8. The van der Waals surface area contributed by atoms with E-state index in [4.69, 9.17) is 21.1 Å². The van der Waals surface area contributed by atoms with E-state index in [1.165, 1.54) is 26.4 Å². The summed E-state index contributed by atoms with van der Waals surface area (Å²) in [6.45, 7) is 1.68. The van der Waals surface area contributed by atoms with E-state index in [2.05, 4.69) is 10.3 Å². The number of benzene rings is 1. The molecule has 0 saturated carbocycles. The van der Waals surface area contributed by atoms with Gasteiger partial charge < -0.3 is 19.9 Å². The second-order valence-electron chi connectivity index (χ2n) is 5.63. The summed E-state index contributed by atoms with van der Waals surface area (Å²) in [7, 11) is 2.82. The molecule has 0 aliphatic heterocycles. The first-order valence-corrected chi connectivity index (χ1v) is 8.18. The van der Waals surface area contributed by atoms with Crippen molar-refractivity contribution < 1.29 is 24.2 Å². The smallest absolute Gasteiger partial charge is 0.337 e. The zero-order valence-electron chi connectivity index (χ0n) is 14.7. The van der Waals surface area contributed by atoms with E-state index >= 15 is 0 Å². The molecule has 2 aromatic heterocycles. The fraction of sp³-hybridized carbons (Fsp3) is 0.167. The number of carboxylic acids is 1. The van der Waals surface area contributed by atoms with Crippen molar-refractivity contribution in [2.45, 2.75) is 6.92 Å². The lowest BCUT2D eigenvalue weighted by Crippen LogP contribution is -2.18. The third-order valence-electron chi connectivity index (χ3n) is 3.98. The summed E-state index contributed by atoms with van der Waals surface area (Å²) in [6, 6.07) is 5.95. The number of nitrogens with zero attached hydrogens (tertiary/aromatic N) is 2. The minimum absolute atomic E-state index is 0.0773. The van der Waals surface area contributed by atoms with Gasteiger partial charge in [0.05, 0.1) is 31.2 Å². The maximum Gasteiger partial charge on any atom is 0.337 e. The van der Waals surface area contributed by atoms with Gasteiger partial charge in [0.1, 0.15) is 11.3 Å². The Labute approximate surface area is 159 Å². The molecular formula is C18H16ClN3O5. The van der Waals surface area contributed by atoms with Crippen LogP contribution in [-0.2, 0) is 0 Å². The standard InChI is InChI=1S/C18H16ClN3O5/c1-9-16(22-5-4-10(19)6-15(22)20-9)17(23)21-12-8-14(27-3)13(26-2)7-11(12)18(24)25/h4-8H,1-3H3,(H,21,23)(H,24,25). The number of nitrogens with one attached hydrogen (secondary N) is 1. The van der Waals surface area contributed by atoms with Crippen LogP contribution < -0.4 is 14.8 Å². The van der Waals surface area contributed by atoms with Gasteiger partial charge in [-0.3, -0.25) is 9.20 Å². The highest BCUT2D eigenvalue weighted by Crippen LogP contribution is 2.33. The Bertz CT molecular complexity index is 1060. The third-order valence-corrected chi connectivity index (χ3v) is 4.21. The van der Waals surface area contributed by atoms with Gasteiger partial charge in [0.25, 0.3) is 5.91 Å². The molecule has 2 heterocycles. The summed E-state index contributed by atoms with van der Waals surface area (Å²) >= 11 is 5.96. The van der Waals surface area contributed by atoms with Crippen molar-refractivity contribution in [1.82, 2.24) is 9.38 Å². The fourth-order valence-electron chi connectivity index (χ4n) is 2.75. The van der Waals surface area contributed by atoms with Crippen LogP contribution in [-0.4, -0.2) is 40.6 Å². The monoisotopic (exact) mass is 389 g/mol. The van der Waals surface area contributed by atoms with E-state index < -0.39 is 11.9 Å². The molecule has 9 heteroatoms. The van der Waals surface area contributed by atoms with Gasteiger partial charge in [-0.1, -0.05) is 11.6 Å². The molecule has 3 rings (SSSR count). The van der Waals surface area contributed by atoms with E-state index in [-0.39, 0.29) is 22.7 Å². The summed E-state index contributed by atoms with van der Waals surface area (Å²) in [5, 5.41) is 12.6. The minimum Gasteiger partial charge on any atom is -0.493 e. The molecule has 0 aliphatic carbocycles. The van der Waals surface area contributed by atoms with Crippen molar-refractivity contribution in [2.75, 3.05) is 19.5 Å². The molecule has 0 radical (unpaired) electrons. The van der Waals surface area contributed by atoms with E-state index in [9.17, 15) is 14.7 Å². The highest BCUT2D eigenvalue weighted by Gasteiger charge is 2.22. The summed E-state index contributed by atoms with van der Waals surface area (Å²) in [4.78, 5) is 28.8. The van der Waals surface area contributed by atoms with Crippen LogP contribution in [0.1, 0.15) is 26.5 Å². The highest BCUT2D eigenvalue weighted by atomic mass is 35.5. The number of aryl methyl sites for hydroxylation is 1. The number of halogens is 1. The van der Waals surface area contributed by atoms with E-state index in [1.807, 2.05) is 0 Å². The highest BCUT2D eigenvalue weighted by molar-refractivity contribution is 6.30. The number of ether oxygens (including phenoxy) is 2. The van der Waals surface area contributed by atoms with Gasteiger partial charge in [-0.2, -0.15) is 0 Å². The lowest BCUT2D eigenvalue weighted by molar-refractivity contribution is 0.0697. The molecule has 0 saturated heterocycles. The first-order valence-electron chi connectivity index (χ1n) is 7.80. The molecule has 1 aromatic carbocycles. The second-order valence-corrected chi connectivity index (χ2v) is 6.07. The number of carbonyl (C=O) groups excluding carboxylic acids is 1. The average molecular weight is 390 g/mol. The molecule has 8 nitrogen and oxygen atoms in total. The quantitative estimate of drug-likeness (QED) is 0.694. The zero-order valence-corrected chi connectivity index (χ0v) is 15.5. The molecule has 0 aliphatic rings. The normalized spacial score (nSPS) is 10.7. The SMILES string of the molecule is COc1cc(NC(=O)c2c(C)nc3cc(Cl)ccn23)c(C(=O)O)cc1OC. The van der Waals surface area contributed by atoms with Crippen molar-refractivity contribution in [2.24, 2.45) is 0 Å². The van der Waals surface area contributed by atoms with Crippen molar-refractivity contribution in [1.29, 1.82) is 0 Å². The number of amides is 1. The first kappa shape index (κ1) is 18.5. The molecular weight excluding hydrogens is 374 g/mol. The number of aromatic nitrogens is 2. The largest absolute Gasteiger partial charge is 0.493 e. The molecule has 3 aromatic rings. The second kappa shape index (κ2) is 7.16. The van der Waals surface area contributed by atoms with Crippen LogP contribution in [0.2, 0.25) is 5.02 Å². The molecule has 0 spiro atoms. The molecule has 2 N–H and O–H groups in total. The summed E-state index contributed by atoms with van der Waals surface area (Å²) < 4.78 is 11.9. The van der Waals surface area contributed by atoms with Gasteiger partial charge in [-0.25, -0.2) is 9.78 Å². The van der Waals surface area contributed by atoms with Gasteiger partial charge in [0.15, 0.2) is 11.5 Å². The van der Waals surface area contributed by atoms with E-state index in [0.29, 0.717) is 22.1 Å². The number of fused-ring (bicyclic) bond motifs is 1. The Balaban J connectivity index is 2.06. The number of carboxylic acid groups (broad SMARTS) is 1. The molecule has 0 fully saturated rings. The van der Waals surface area contributed by atoms with E-state index in [0.717, 1.165) is 0 Å². The number of pyridine rings is 1. The predicted octanol–water partition coefficient (Wildman–Crippen LogP) is 3.26. The third kappa shape index (κ3) is 3.39. The number of rotatable bonds is 5. The summed E-state index contributed by atoms with van der Waals surface area (Å²) in [6.07, 6.45) is 1.62. The van der Waals surface area contributed by atoms with Gasteiger partial charge in [-0.05, 0) is 13.0 Å². The number of aromatic carboxylic acids is 1. The topological polar surface area (TPSA) is 102 Å². The minimum atomic E-state index is -1.21. The van der Waals surface area contributed by atoms with Crippen LogP contribution in [0.4, 0.5) is 5.69 Å². The fourth-order valence-corrected chi connectivity index (χ4v) is 2.91. The molecule has 1 amide bonds. The van der Waals surface area contributed by atoms with E-state index in [1.54, 1.807) is 29.7 Å². The van der Waals surface area contributed by atoms with Crippen LogP contribution >= 0.6 is 11.6 Å². The van der Waals surface area contributed by atoms with Crippen LogP contribution in [0.25, 0.3) is 5.65 Å². The van der Waals surface area contributed by atoms with Crippen LogP contribution in [0.5, 0.6) is 11.5 Å². The molecule has 140 valence electrons. The Kier molecular flexibility index (Phi) is 4.91. The Morgan fingerprint density at radius 3 is 2.48 bits per heavy atom. The molecule has 0 unspecified atom stereocenters. The molecule has 27 heavy (non-hydrogen) atoms. The van der Waals surface area contributed by atoms with Crippen LogP contribution in [0.15, 0.2) is 30.5 Å². The van der Waals surface area contributed by atoms with Crippen LogP contribution in [0.3, 0.4) is 0 Å². The number of anilines is 1. The van der Waals surface area contributed by atoms with Crippen LogP contribution in [0, 0.1) is 6.92 Å². The summed E-state index contributed by atoms with van der Waals surface area (Å²) in [5.41, 5.74) is 1.21. The number of imidazole rings is 1. The van der Waals surface area contributed by atoms with Crippen molar-refractivity contribution in [3.8, 4) is 11.5 Å². The maximum absolute atomic E-state index is 12.9. The van der Waals surface area contributed by atoms with Crippen molar-refractivity contribution in [3.05, 3.63) is 52.4 Å². The number of carbonyl (C=O) groups is 2. The number of hydrogen-bond donors (Lipinski definition) is 2. The lowest BCUT2D eigenvalue weighted by Gasteiger charge is -2.14. The van der Waals surface area contributed by atoms with Gasteiger partial charge >= 0.3 is 5.97 Å². The summed E-state index contributed by atoms with van der Waals surface area (Å²) in [5.74, 6) is -1.20. The van der Waals surface area contributed by atoms with Crippen molar-refractivity contribution >= 4 is 34.8 Å². The number of methoxy groups -OCH3 is 2. The van der Waals surface area contributed by atoms with Gasteiger partial charge in [0.2, 0.25) is 0 Å². The predicted molar refractivity (Wildman–Crippen MR) is 99.4 cm³/mol. The molecule has 0 bridgehead atoms. The van der Waals surface area contributed by atoms with Gasteiger partial charge in [0, 0.05) is 29.4 Å². The number of hydrogen-bond acceptors (Lipinski definition) is 5. The Morgan fingerprint density at radius 1 is 1.19 bits per heavy atom. The maximum atomic E-state index is 12.9. The zero-order chi connectivity index (χ0) is 19.7. The lowest BCUT2D eigenvalue weighted by atomic mass is 10.1. The Hall–Kier alpha value is -3.26. The van der Waals surface area contributed by atoms with Gasteiger partial charge in [-0.15, -0.1) is 0 Å².